The predicted octanol–water partition coefficient (Wildman–Crippen LogP) is 7.42. The Kier molecular flexibility index (Phi) is 7.62. The Hall–Kier alpha value is -4.71. The van der Waals surface area contributed by atoms with E-state index < -0.39 is 17.9 Å². The van der Waals surface area contributed by atoms with E-state index in [0.717, 1.165) is 35.3 Å². The van der Waals surface area contributed by atoms with Crippen LogP contribution in [0.25, 0.3) is 22.8 Å². The third-order valence-electron chi connectivity index (χ3n) is 7.49. The van der Waals surface area contributed by atoms with Gasteiger partial charge in [-0.3, -0.25) is 4.57 Å². The van der Waals surface area contributed by atoms with E-state index in [1.807, 2.05) is 53.3 Å². The van der Waals surface area contributed by atoms with Crippen LogP contribution >= 0.6 is 11.3 Å². The van der Waals surface area contributed by atoms with E-state index in [1.54, 1.807) is 0 Å². The van der Waals surface area contributed by atoms with Gasteiger partial charge in [-0.05, 0) is 67.1 Å². The van der Waals surface area contributed by atoms with Gasteiger partial charge in [-0.15, -0.1) is 29.6 Å². The minimum Gasteiger partial charge on any atom is -0.406 e. The van der Waals surface area contributed by atoms with E-state index in [9.17, 15) is 18.0 Å². The summed E-state index contributed by atoms with van der Waals surface area (Å²) in [4.78, 5) is 22.6. The Labute approximate surface area is 255 Å². The summed E-state index contributed by atoms with van der Waals surface area (Å²) < 4.78 is 44.8. The molecule has 44 heavy (non-hydrogen) atoms. The van der Waals surface area contributed by atoms with Crippen molar-refractivity contribution in [2.24, 2.45) is 4.99 Å². The highest BCUT2D eigenvalue weighted by molar-refractivity contribution is 7.07. The molecule has 1 saturated carbocycles. The maximum Gasteiger partial charge on any atom is 0.573 e. The summed E-state index contributed by atoms with van der Waals surface area (Å²) >= 11 is 1.43. The van der Waals surface area contributed by atoms with Crippen molar-refractivity contribution in [2.45, 2.75) is 51.4 Å². The van der Waals surface area contributed by atoms with Crippen molar-refractivity contribution in [3.8, 4) is 28.5 Å². The maximum absolute atomic E-state index is 13.2. The summed E-state index contributed by atoms with van der Waals surface area (Å²) in [6.45, 7) is 6.30. The van der Waals surface area contributed by atoms with Crippen molar-refractivity contribution in [1.29, 1.82) is 0 Å². The number of hydrogen-bond donors (Lipinski definition) is 1. The fourth-order valence-electron chi connectivity index (χ4n) is 5.13. The summed E-state index contributed by atoms with van der Waals surface area (Å²) in [5.41, 5.74) is 4.98. The number of aryl methyl sites for hydroxylation is 1. The van der Waals surface area contributed by atoms with Gasteiger partial charge >= 0.3 is 12.4 Å². The molecule has 1 aliphatic carbocycles. The number of rotatable bonds is 7. The second kappa shape index (κ2) is 11.4. The highest BCUT2D eigenvalue weighted by Gasteiger charge is 2.45. The molecule has 0 unspecified atom stereocenters. The molecule has 1 aliphatic rings. The minimum atomic E-state index is -4.75. The first-order chi connectivity index (χ1) is 21.0. The van der Waals surface area contributed by atoms with Crippen molar-refractivity contribution in [2.75, 3.05) is 0 Å². The van der Waals surface area contributed by atoms with Crippen LogP contribution in [0.4, 0.5) is 18.0 Å². The molecular formula is C32H29F3N6O2S. The molecule has 6 rings (SSSR count). The lowest BCUT2D eigenvalue weighted by Crippen LogP contribution is -2.34. The maximum atomic E-state index is 13.2. The lowest BCUT2D eigenvalue weighted by Gasteiger charge is -2.17. The van der Waals surface area contributed by atoms with Gasteiger partial charge in [0.15, 0.2) is 10.6 Å². The summed E-state index contributed by atoms with van der Waals surface area (Å²) in [7, 11) is 0. The smallest absolute Gasteiger partial charge is 0.406 e. The van der Waals surface area contributed by atoms with E-state index >= 15 is 0 Å². The number of benzene rings is 3. The zero-order chi connectivity index (χ0) is 31.1. The van der Waals surface area contributed by atoms with Crippen LogP contribution in [0.5, 0.6) is 5.75 Å². The molecule has 0 aliphatic heterocycles. The number of alkyl halides is 3. The summed E-state index contributed by atoms with van der Waals surface area (Å²) in [6, 6.07) is 20.8. The zero-order valence-corrected chi connectivity index (χ0v) is 25.0. The second-order valence-corrected chi connectivity index (χ2v) is 11.8. The number of nitrogens with zero attached hydrogens (tertiary/aromatic N) is 5. The van der Waals surface area contributed by atoms with Crippen LogP contribution in [0.1, 0.15) is 49.4 Å². The van der Waals surface area contributed by atoms with Gasteiger partial charge in [-0.1, -0.05) is 56.3 Å². The van der Waals surface area contributed by atoms with E-state index in [-0.39, 0.29) is 5.75 Å². The molecule has 1 fully saturated rings. The second-order valence-electron chi connectivity index (χ2n) is 11.0. The van der Waals surface area contributed by atoms with Crippen molar-refractivity contribution >= 4 is 17.4 Å². The van der Waals surface area contributed by atoms with Crippen molar-refractivity contribution < 1.29 is 22.7 Å². The van der Waals surface area contributed by atoms with Gasteiger partial charge in [-0.25, -0.2) is 14.5 Å². The summed E-state index contributed by atoms with van der Waals surface area (Å²) in [5.74, 6) is 0.456. The number of ether oxygens (including phenoxy) is 1. The van der Waals surface area contributed by atoms with Crippen molar-refractivity contribution in [1.82, 2.24) is 24.6 Å². The molecule has 3 aromatic carbocycles. The van der Waals surface area contributed by atoms with Crippen LogP contribution in [0.15, 0.2) is 89.5 Å². The lowest BCUT2D eigenvalue weighted by molar-refractivity contribution is -0.274. The molecule has 8 nitrogen and oxygen atoms in total. The normalized spacial score (nSPS) is 14.6. The predicted molar refractivity (Wildman–Crippen MR) is 161 cm³/mol. The highest BCUT2D eigenvalue weighted by atomic mass is 32.1. The fraction of sp³-hybridized carbons (Fsp3) is 0.250. The molecule has 0 radical (unpaired) electrons. The number of carbonyl (C=O) groups is 1. The van der Waals surface area contributed by atoms with Gasteiger partial charge in [0.05, 0.1) is 16.9 Å². The number of aromatic nitrogens is 4. The van der Waals surface area contributed by atoms with Gasteiger partial charge in [-0.2, -0.15) is 4.99 Å². The monoisotopic (exact) mass is 618 g/mol. The van der Waals surface area contributed by atoms with Crippen LogP contribution in [0.3, 0.4) is 0 Å². The first kappa shape index (κ1) is 29.4. The Bertz CT molecular complexity index is 1870. The first-order valence-corrected chi connectivity index (χ1v) is 14.9. The van der Waals surface area contributed by atoms with E-state index in [2.05, 4.69) is 51.1 Å². The van der Waals surface area contributed by atoms with E-state index in [4.69, 9.17) is 0 Å². The van der Waals surface area contributed by atoms with Crippen LogP contribution in [-0.2, 0) is 5.54 Å². The number of thiazole rings is 1. The zero-order valence-electron chi connectivity index (χ0n) is 24.2. The molecule has 1 N–H and O–H groups in total. The quantitative estimate of drug-likeness (QED) is 0.206. The van der Waals surface area contributed by atoms with Gasteiger partial charge in [0.2, 0.25) is 0 Å². The third kappa shape index (κ3) is 6.16. The number of halogens is 3. The van der Waals surface area contributed by atoms with Crippen LogP contribution in [-0.4, -0.2) is 31.7 Å². The van der Waals surface area contributed by atoms with Crippen LogP contribution < -0.4 is 14.9 Å². The molecule has 2 amide bonds. The Balaban J connectivity index is 1.17. The first-order valence-electron chi connectivity index (χ1n) is 14.0. The Morgan fingerprint density at radius 2 is 1.75 bits per heavy atom. The molecule has 0 saturated heterocycles. The number of nitrogens with one attached hydrogen (secondary N) is 1. The molecular weight excluding hydrogens is 589 g/mol. The molecule has 0 spiro atoms. The van der Waals surface area contributed by atoms with Crippen LogP contribution in [0, 0.1) is 6.92 Å². The standard InChI is InChI=1S/C32H29F3N6O2S/c1-20(2)26-6-4-5-7-27(26)41-21(3)18-44-30(41)37-29(42)38-31(16-17-31)23-10-8-22(9-11-23)28-36-19-40(39-28)24-12-14-25(15-13-24)43-32(33,34)35/h4-15,18-20H,16-17H2,1-3H3,(H,38,42)/b37-30-. The van der Waals surface area contributed by atoms with E-state index in [0.29, 0.717) is 22.2 Å². The molecule has 0 atom stereocenters. The third-order valence-corrected chi connectivity index (χ3v) is 8.44. The molecule has 12 heteroatoms. The highest BCUT2D eigenvalue weighted by Crippen LogP contribution is 2.45. The largest absolute Gasteiger partial charge is 0.573 e. The minimum absolute atomic E-state index is 0.313. The Morgan fingerprint density at radius 3 is 2.41 bits per heavy atom. The molecule has 0 bridgehead atoms. The molecule has 226 valence electrons. The molecule has 2 aromatic heterocycles. The number of carbonyl (C=O) groups excluding carboxylic acids is 1. The average Bonchev–Trinajstić information content (AvgIpc) is 3.42. The number of amides is 2. The van der Waals surface area contributed by atoms with Crippen molar-refractivity contribution in [3.05, 3.63) is 106 Å². The molecule has 2 heterocycles. The SMILES string of the molecule is Cc1cs/c(=N\C(=O)NC2(c3ccc(-c4ncn(-c5ccc(OC(F)(F)F)cc5)n4)cc3)CC2)n1-c1ccccc1C(C)C. The van der Waals surface area contributed by atoms with Gasteiger partial charge in [0.1, 0.15) is 12.1 Å². The van der Waals surface area contributed by atoms with E-state index in [1.165, 1.54) is 52.2 Å². The molecule has 5 aromatic rings. The van der Waals surface area contributed by atoms with Gasteiger partial charge in [0, 0.05) is 16.6 Å². The van der Waals surface area contributed by atoms with Crippen molar-refractivity contribution in [3.63, 3.8) is 0 Å². The Morgan fingerprint density at radius 1 is 1.05 bits per heavy atom. The number of urea groups is 1. The fourth-order valence-corrected chi connectivity index (χ4v) is 6.00. The van der Waals surface area contributed by atoms with Gasteiger partial charge < -0.3 is 10.1 Å². The average molecular weight is 619 g/mol. The number of hydrogen-bond acceptors (Lipinski definition) is 5. The topological polar surface area (TPSA) is 86.3 Å². The summed E-state index contributed by atoms with van der Waals surface area (Å²) in [5, 5.41) is 9.60. The lowest BCUT2D eigenvalue weighted by atomic mass is 10.0. The summed E-state index contributed by atoms with van der Waals surface area (Å²) in [6.07, 6.45) is -1.66. The number of para-hydroxylation sites is 1. The van der Waals surface area contributed by atoms with Gasteiger partial charge in [0.25, 0.3) is 0 Å². The van der Waals surface area contributed by atoms with Crippen LogP contribution in [0.2, 0.25) is 0 Å².